The molecule has 0 saturated carbocycles. The number of hydrogen-bond donors (Lipinski definition) is 0. The highest BCUT2D eigenvalue weighted by Gasteiger charge is 2.11. The Labute approximate surface area is 146 Å². The van der Waals surface area contributed by atoms with Crippen LogP contribution in [0, 0.1) is 12.7 Å². The fourth-order valence-electron chi connectivity index (χ4n) is 2.26. The summed E-state index contributed by atoms with van der Waals surface area (Å²) in [6.07, 6.45) is 0. The normalized spacial score (nSPS) is 10.7. The average Bonchev–Trinajstić information content (AvgIpc) is 2.53. The maximum Gasteiger partial charge on any atom is 0.349 e. The van der Waals surface area contributed by atoms with Crippen molar-refractivity contribution >= 4 is 28.5 Å². The van der Waals surface area contributed by atoms with Crippen LogP contribution in [-0.2, 0) is 4.79 Å². The number of fused-ring (bicyclic) bond motifs is 1. The van der Waals surface area contributed by atoms with Crippen molar-refractivity contribution in [2.45, 2.75) is 6.92 Å². The lowest BCUT2D eigenvalue weighted by atomic mass is 10.1. The van der Waals surface area contributed by atoms with Gasteiger partial charge in [0.25, 0.3) is 0 Å². The molecule has 128 valence electrons. The smallest absolute Gasteiger partial charge is 0.349 e. The molecule has 5 nitrogen and oxygen atoms in total. The van der Waals surface area contributed by atoms with Gasteiger partial charge in [-0.2, -0.15) is 0 Å². The molecule has 0 radical (unpaired) electrons. The lowest BCUT2D eigenvalue weighted by molar-refractivity contribution is -0.136. The molecule has 0 fully saturated rings. The van der Waals surface area contributed by atoms with E-state index in [2.05, 4.69) is 0 Å². The summed E-state index contributed by atoms with van der Waals surface area (Å²) in [5, 5.41) is 0.796. The summed E-state index contributed by atoms with van der Waals surface area (Å²) in [7, 11) is 0. The van der Waals surface area contributed by atoms with E-state index >= 15 is 0 Å². The molecular weight excluding hydrogens is 351 g/mol. The van der Waals surface area contributed by atoms with Crippen molar-refractivity contribution < 1.29 is 23.1 Å². The molecule has 0 aliphatic carbocycles. The standard InChI is InChI=1S/C18H12ClFO5/c1-10-6-17(21)25-16-8-12(3-4-13(10)16)24-18(22)9-23-15-5-2-11(20)7-14(15)19/h2-8H,9H2,1H3. The molecule has 2 aromatic carbocycles. The van der Waals surface area contributed by atoms with Crippen molar-refractivity contribution in [2.24, 2.45) is 0 Å². The topological polar surface area (TPSA) is 65.7 Å². The Morgan fingerprint density at radius 2 is 2.00 bits per heavy atom. The van der Waals surface area contributed by atoms with Crippen LogP contribution in [-0.4, -0.2) is 12.6 Å². The van der Waals surface area contributed by atoms with Gasteiger partial charge in [0.05, 0.1) is 5.02 Å². The zero-order valence-electron chi connectivity index (χ0n) is 13.0. The minimum atomic E-state index is -0.685. The molecule has 0 unspecified atom stereocenters. The summed E-state index contributed by atoms with van der Waals surface area (Å²) in [6, 6.07) is 9.67. The molecule has 1 aromatic heterocycles. The lowest BCUT2D eigenvalue weighted by Gasteiger charge is -2.09. The van der Waals surface area contributed by atoms with E-state index in [1.54, 1.807) is 19.1 Å². The van der Waals surface area contributed by atoms with Crippen LogP contribution in [0.1, 0.15) is 5.56 Å². The van der Waals surface area contributed by atoms with Crippen LogP contribution in [0.4, 0.5) is 4.39 Å². The summed E-state index contributed by atoms with van der Waals surface area (Å²) in [4.78, 5) is 23.3. The van der Waals surface area contributed by atoms with Crippen LogP contribution < -0.4 is 15.1 Å². The third-order valence-electron chi connectivity index (χ3n) is 3.39. The number of carbonyl (C=O) groups excluding carboxylic acids is 1. The van der Waals surface area contributed by atoms with E-state index in [-0.39, 0.29) is 16.5 Å². The quantitative estimate of drug-likeness (QED) is 0.400. The molecule has 0 aliphatic rings. The first-order chi connectivity index (χ1) is 11.9. The molecule has 0 bridgehead atoms. The van der Waals surface area contributed by atoms with Crippen molar-refractivity contribution in [1.29, 1.82) is 0 Å². The first kappa shape index (κ1) is 17.0. The maximum atomic E-state index is 13.0. The van der Waals surface area contributed by atoms with Crippen molar-refractivity contribution in [1.82, 2.24) is 0 Å². The van der Waals surface area contributed by atoms with Gasteiger partial charge >= 0.3 is 11.6 Å². The molecule has 3 rings (SSSR count). The summed E-state index contributed by atoms with van der Waals surface area (Å²) >= 11 is 5.81. The lowest BCUT2D eigenvalue weighted by Crippen LogP contribution is -2.17. The van der Waals surface area contributed by atoms with Crippen LogP contribution in [0.5, 0.6) is 11.5 Å². The Balaban J connectivity index is 1.70. The van der Waals surface area contributed by atoms with Gasteiger partial charge < -0.3 is 13.9 Å². The third-order valence-corrected chi connectivity index (χ3v) is 3.69. The van der Waals surface area contributed by atoms with E-state index in [9.17, 15) is 14.0 Å². The number of halogens is 2. The van der Waals surface area contributed by atoms with Gasteiger partial charge in [0.15, 0.2) is 6.61 Å². The molecular formula is C18H12ClFO5. The molecule has 25 heavy (non-hydrogen) atoms. The van der Waals surface area contributed by atoms with Gasteiger partial charge in [0.2, 0.25) is 0 Å². The van der Waals surface area contributed by atoms with Crippen LogP contribution in [0.3, 0.4) is 0 Å². The molecule has 0 atom stereocenters. The number of ether oxygens (including phenoxy) is 2. The second-order valence-electron chi connectivity index (χ2n) is 5.24. The van der Waals surface area contributed by atoms with Crippen LogP contribution in [0.2, 0.25) is 5.02 Å². The molecule has 3 aromatic rings. The summed E-state index contributed by atoms with van der Waals surface area (Å²) < 4.78 is 28.4. The van der Waals surface area contributed by atoms with Crippen LogP contribution in [0.25, 0.3) is 11.0 Å². The number of aryl methyl sites for hydroxylation is 1. The summed E-state index contributed by atoms with van der Waals surface area (Å²) in [6.45, 7) is 1.37. The second-order valence-corrected chi connectivity index (χ2v) is 5.65. The number of carbonyl (C=O) groups is 1. The molecule has 0 N–H and O–H groups in total. The minimum Gasteiger partial charge on any atom is -0.480 e. The van der Waals surface area contributed by atoms with E-state index in [1.807, 2.05) is 0 Å². The molecule has 1 heterocycles. The third kappa shape index (κ3) is 3.97. The zero-order valence-corrected chi connectivity index (χ0v) is 13.8. The summed E-state index contributed by atoms with van der Waals surface area (Å²) in [5.74, 6) is -0.817. The fraction of sp³-hybridized carbons (Fsp3) is 0.111. The van der Waals surface area contributed by atoms with E-state index < -0.39 is 24.0 Å². The molecule has 0 amide bonds. The highest BCUT2D eigenvalue weighted by molar-refractivity contribution is 6.32. The molecule has 0 spiro atoms. The molecule has 0 aliphatic heterocycles. The van der Waals surface area contributed by atoms with Crippen LogP contribution >= 0.6 is 11.6 Å². The van der Waals surface area contributed by atoms with Gasteiger partial charge in [-0.1, -0.05) is 11.6 Å². The van der Waals surface area contributed by atoms with Crippen molar-refractivity contribution in [3.05, 3.63) is 69.3 Å². The average molecular weight is 363 g/mol. The van der Waals surface area contributed by atoms with Gasteiger partial charge in [0.1, 0.15) is 22.9 Å². The van der Waals surface area contributed by atoms with Gasteiger partial charge in [0, 0.05) is 17.5 Å². The van der Waals surface area contributed by atoms with E-state index in [0.717, 1.165) is 17.0 Å². The van der Waals surface area contributed by atoms with E-state index in [0.29, 0.717) is 5.58 Å². The maximum absolute atomic E-state index is 13.0. The minimum absolute atomic E-state index is 0.0516. The van der Waals surface area contributed by atoms with E-state index in [1.165, 1.54) is 24.3 Å². The Kier molecular flexibility index (Phi) is 4.72. The van der Waals surface area contributed by atoms with Gasteiger partial charge in [-0.3, -0.25) is 0 Å². The number of benzene rings is 2. The first-order valence-electron chi connectivity index (χ1n) is 7.25. The Bertz CT molecular complexity index is 1010. The predicted octanol–water partition coefficient (Wildman–Crippen LogP) is 3.88. The number of hydrogen-bond acceptors (Lipinski definition) is 5. The number of rotatable bonds is 4. The van der Waals surface area contributed by atoms with Gasteiger partial charge in [-0.15, -0.1) is 0 Å². The predicted molar refractivity (Wildman–Crippen MR) is 89.8 cm³/mol. The van der Waals surface area contributed by atoms with Crippen molar-refractivity contribution in [3.63, 3.8) is 0 Å². The Morgan fingerprint density at radius 3 is 2.76 bits per heavy atom. The Morgan fingerprint density at radius 1 is 1.20 bits per heavy atom. The molecule has 7 heteroatoms. The largest absolute Gasteiger partial charge is 0.480 e. The fourth-order valence-corrected chi connectivity index (χ4v) is 2.48. The van der Waals surface area contributed by atoms with E-state index in [4.69, 9.17) is 25.5 Å². The summed E-state index contributed by atoms with van der Waals surface area (Å²) in [5.41, 5.74) is 0.596. The highest BCUT2D eigenvalue weighted by atomic mass is 35.5. The van der Waals surface area contributed by atoms with Gasteiger partial charge in [-0.05, 0) is 42.8 Å². The first-order valence-corrected chi connectivity index (χ1v) is 7.63. The van der Waals surface area contributed by atoms with Gasteiger partial charge in [-0.25, -0.2) is 14.0 Å². The SMILES string of the molecule is Cc1cc(=O)oc2cc(OC(=O)COc3ccc(F)cc3Cl)ccc12. The Hall–Kier alpha value is -2.86. The number of esters is 1. The van der Waals surface area contributed by atoms with Crippen molar-refractivity contribution in [3.8, 4) is 11.5 Å². The zero-order chi connectivity index (χ0) is 18.0. The highest BCUT2D eigenvalue weighted by Crippen LogP contribution is 2.25. The van der Waals surface area contributed by atoms with Crippen LogP contribution in [0.15, 0.2) is 51.7 Å². The monoisotopic (exact) mass is 362 g/mol. The second kappa shape index (κ2) is 6.94. The molecule has 0 saturated heterocycles. The van der Waals surface area contributed by atoms with Crippen molar-refractivity contribution in [2.75, 3.05) is 6.61 Å².